The average Bonchev–Trinajstić information content (AvgIpc) is 2.71. The summed E-state index contributed by atoms with van der Waals surface area (Å²) in [6, 6.07) is 16.0. The van der Waals surface area contributed by atoms with Crippen molar-refractivity contribution in [1.29, 1.82) is 0 Å². The normalized spacial score (nSPS) is 11.8. The molecule has 0 bridgehead atoms. The van der Waals surface area contributed by atoms with Crippen molar-refractivity contribution in [2.75, 3.05) is 11.9 Å². The van der Waals surface area contributed by atoms with Gasteiger partial charge >= 0.3 is 5.97 Å². The van der Waals surface area contributed by atoms with Gasteiger partial charge in [-0.15, -0.1) is 0 Å². The molecule has 1 atom stereocenters. The maximum Gasteiger partial charge on any atom is 0.329 e. The highest BCUT2D eigenvalue weighted by Gasteiger charge is 2.26. The Balaban J connectivity index is 1.90. The Morgan fingerprint density at radius 3 is 2.13 bits per heavy atom. The van der Waals surface area contributed by atoms with E-state index in [-0.39, 0.29) is 24.2 Å². The number of nitrogens with one attached hydrogen (secondary N) is 2. The number of rotatable bonds is 9. The van der Waals surface area contributed by atoms with Gasteiger partial charge in [-0.2, -0.15) is 0 Å². The summed E-state index contributed by atoms with van der Waals surface area (Å²) in [5, 5.41) is 5.50. The van der Waals surface area contributed by atoms with Crippen LogP contribution in [0.2, 0.25) is 0 Å². The lowest BCUT2D eigenvalue weighted by molar-refractivity contribution is -0.151. The number of amides is 2. The molecular weight excluding hydrogens is 380 g/mol. The van der Waals surface area contributed by atoms with Gasteiger partial charge in [-0.25, -0.2) is 4.79 Å². The van der Waals surface area contributed by atoms with Gasteiger partial charge in [-0.05, 0) is 29.0 Å². The van der Waals surface area contributed by atoms with Crippen molar-refractivity contribution < 1.29 is 19.1 Å². The topological polar surface area (TPSA) is 84.5 Å². The highest BCUT2D eigenvalue weighted by molar-refractivity contribution is 5.94. The van der Waals surface area contributed by atoms with Gasteiger partial charge in [0.15, 0.2) is 6.61 Å². The predicted molar refractivity (Wildman–Crippen MR) is 117 cm³/mol. The van der Waals surface area contributed by atoms with Gasteiger partial charge in [0.05, 0.1) is 6.42 Å². The van der Waals surface area contributed by atoms with E-state index in [1.807, 2.05) is 82.3 Å². The molecule has 160 valence electrons. The standard InChI is InChI=1S/C24H30N2O4/c1-16(2)19-12-8-9-13-20(19)25-22(28)15-30-24(29)23(17(3)4)26-21(27)14-18-10-6-5-7-11-18/h5-13,16-17,23H,14-15H2,1-4H3,(H,25,28)(H,26,27)/t23-/m0/s1. The first-order chi connectivity index (χ1) is 14.3. The summed E-state index contributed by atoms with van der Waals surface area (Å²) in [5.41, 5.74) is 2.56. The summed E-state index contributed by atoms with van der Waals surface area (Å²) in [7, 11) is 0. The number of carbonyl (C=O) groups excluding carboxylic acids is 3. The third kappa shape index (κ3) is 7.03. The largest absolute Gasteiger partial charge is 0.454 e. The Morgan fingerprint density at radius 1 is 0.867 bits per heavy atom. The Hall–Kier alpha value is -3.15. The van der Waals surface area contributed by atoms with Gasteiger partial charge < -0.3 is 15.4 Å². The summed E-state index contributed by atoms with van der Waals surface area (Å²) < 4.78 is 5.19. The minimum absolute atomic E-state index is 0.170. The van der Waals surface area contributed by atoms with Crippen LogP contribution in [0, 0.1) is 5.92 Å². The first kappa shape index (κ1) is 23.1. The molecule has 2 rings (SSSR count). The fraction of sp³-hybridized carbons (Fsp3) is 0.375. The van der Waals surface area contributed by atoms with Crippen molar-refractivity contribution in [3.63, 3.8) is 0 Å². The van der Waals surface area contributed by atoms with Crippen LogP contribution in [-0.2, 0) is 25.5 Å². The van der Waals surface area contributed by atoms with E-state index in [0.29, 0.717) is 5.69 Å². The van der Waals surface area contributed by atoms with E-state index in [1.165, 1.54) is 0 Å². The molecule has 2 aromatic rings. The summed E-state index contributed by atoms with van der Waals surface area (Å²) in [4.78, 5) is 37.1. The highest BCUT2D eigenvalue weighted by Crippen LogP contribution is 2.23. The van der Waals surface area contributed by atoms with E-state index in [2.05, 4.69) is 10.6 Å². The molecule has 0 aliphatic carbocycles. The first-order valence-electron chi connectivity index (χ1n) is 10.2. The number of para-hydroxylation sites is 1. The van der Waals surface area contributed by atoms with Crippen molar-refractivity contribution >= 4 is 23.5 Å². The molecule has 0 saturated carbocycles. The van der Waals surface area contributed by atoms with Gasteiger partial charge in [0.25, 0.3) is 5.91 Å². The van der Waals surface area contributed by atoms with Crippen LogP contribution in [-0.4, -0.2) is 30.4 Å². The fourth-order valence-electron chi connectivity index (χ4n) is 3.03. The lowest BCUT2D eigenvalue weighted by Gasteiger charge is -2.21. The van der Waals surface area contributed by atoms with Crippen LogP contribution in [0.1, 0.15) is 44.7 Å². The predicted octanol–water partition coefficient (Wildman–Crippen LogP) is 3.68. The Bertz CT molecular complexity index is 863. The number of anilines is 1. The lowest BCUT2D eigenvalue weighted by atomic mass is 10.0. The number of benzene rings is 2. The summed E-state index contributed by atoms with van der Waals surface area (Å²) >= 11 is 0. The van der Waals surface area contributed by atoms with Crippen LogP contribution < -0.4 is 10.6 Å². The zero-order valence-electron chi connectivity index (χ0n) is 18.0. The monoisotopic (exact) mass is 410 g/mol. The average molecular weight is 411 g/mol. The van der Waals surface area contributed by atoms with Crippen molar-refractivity contribution in [2.45, 2.75) is 46.1 Å². The van der Waals surface area contributed by atoms with Crippen molar-refractivity contribution in [3.8, 4) is 0 Å². The summed E-state index contributed by atoms with van der Waals surface area (Å²) in [5.74, 6) is -1.25. The second-order valence-corrected chi connectivity index (χ2v) is 7.85. The zero-order chi connectivity index (χ0) is 22.1. The minimum atomic E-state index is -0.822. The second kappa shape index (κ2) is 11.1. The van der Waals surface area contributed by atoms with Crippen LogP contribution in [0.3, 0.4) is 0 Å². The minimum Gasteiger partial charge on any atom is -0.454 e. The molecule has 0 heterocycles. The molecule has 30 heavy (non-hydrogen) atoms. The highest BCUT2D eigenvalue weighted by atomic mass is 16.5. The molecular formula is C24H30N2O4. The quantitative estimate of drug-likeness (QED) is 0.618. The van der Waals surface area contributed by atoms with Gasteiger partial charge in [0.1, 0.15) is 6.04 Å². The van der Waals surface area contributed by atoms with Crippen LogP contribution in [0.25, 0.3) is 0 Å². The molecule has 0 radical (unpaired) electrons. The Labute approximate surface area is 178 Å². The van der Waals surface area contributed by atoms with Crippen molar-refractivity contribution in [3.05, 3.63) is 65.7 Å². The fourth-order valence-corrected chi connectivity index (χ4v) is 3.03. The zero-order valence-corrected chi connectivity index (χ0v) is 18.0. The molecule has 0 aromatic heterocycles. The van der Waals surface area contributed by atoms with E-state index in [0.717, 1.165) is 11.1 Å². The Kier molecular flexibility index (Phi) is 8.59. The molecule has 2 N–H and O–H groups in total. The second-order valence-electron chi connectivity index (χ2n) is 7.85. The van der Waals surface area contributed by atoms with Crippen molar-refractivity contribution in [2.24, 2.45) is 5.92 Å². The third-order valence-electron chi connectivity index (χ3n) is 4.65. The number of hydrogen-bond donors (Lipinski definition) is 2. The molecule has 6 heteroatoms. The number of hydrogen-bond acceptors (Lipinski definition) is 4. The molecule has 2 aromatic carbocycles. The van der Waals surface area contributed by atoms with Crippen LogP contribution >= 0.6 is 0 Å². The van der Waals surface area contributed by atoms with E-state index >= 15 is 0 Å². The van der Waals surface area contributed by atoms with Gasteiger partial charge in [0.2, 0.25) is 5.91 Å². The van der Waals surface area contributed by atoms with E-state index in [1.54, 1.807) is 0 Å². The number of carbonyl (C=O) groups is 3. The van der Waals surface area contributed by atoms with Crippen LogP contribution in [0.15, 0.2) is 54.6 Å². The number of ether oxygens (including phenoxy) is 1. The Morgan fingerprint density at radius 2 is 1.50 bits per heavy atom. The molecule has 6 nitrogen and oxygen atoms in total. The van der Waals surface area contributed by atoms with Crippen LogP contribution in [0.4, 0.5) is 5.69 Å². The third-order valence-corrected chi connectivity index (χ3v) is 4.65. The lowest BCUT2D eigenvalue weighted by Crippen LogP contribution is -2.46. The molecule has 0 fully saturated rings. The van der Waals surface area contributed by atoms with Crippen LogP contribution in [0.5, 0.6) is 0 Å². The molecule has 2 amide bonds. The van der Waals surface area contributed by atoms with Gasteiger partial charge in [-0.3, -0.25) is 9.59 Å². The van der Waals surface area contributed by atoms with Gasteiger partial charge in [-0.1, -0.05) is 76.2 Å². The maximum absolute atomic E-state index is 12.5. The maximum atomic E-state index is 12.5. The summed E-state index contributed by atoms with van der Waals surface area (Å²) in [6.07, 6.45) is 0.170. The van der Waals surface area contributed by atoms with E-state index < -0.39 is 24.5 Å². The SMILES string of the molecule is CC(C)c1ccccc1NC(=O)COC(=O)[C@@H](NC(=O)Cc1ccccc1)C(C)C. The van der Waals surface area contributed by atoms with E-state index in [4.69, 9.17) is 4.74 Å². The van der Waals surface area contributed by atoms with E-state index in [9.17, 15) is 14.4 Å². The smallest absolute Gasteiger partial charge is 0.329 e. The number of esters is 1. The molecule has 0 spiro atoms. The molecule has 0 aliphatic heterocycles. The van der Waals surface area contributed by atoms with Crippen molar-refractivity contribution in [1.82, 2.24) is 5.32 Å². The summed E-state index contributed by atoms with van der Waals surface area (Å²) in [6.45, 7) is 7.29. The molecule has 0 unspecified atom stereocenters. The van der Waals surface area contributed by atoms with Gasteiger partial charge in [0, 0.05) is 5.69 Å². The first-order valence-corrected chi connectivity index (χ1v) is 10.2. The molecule has 0 aliphatic rings. The molecule has 0 saturated heterocycles.